The van der Waals surface area contributed by atoms with Gasteiger partial charge in [0, 0.05) is 21.7 Å². The molecule has 0 aliphatic carbocycles. The van der Waals surface area contributed by atoms with E-state index in [0.717, 1.165) is 5.56 Å². The summed E-state index contributed by atoms with van der Waals surface area (Å²) in [5.41, 5.74) is 0.790. The zero-order chi connectivity index (χ0) is 13.1. The molecule has 5 heteroatoms. The summed E-state index contributed by atoms with van der Waals surface area (Å²) < 4.78 is 7.47. The first kappa shape index (κ1) is 13.2. The van der Waals surface area contributed by atoms with Crippen molar-refractivity contribution < 1.29 is 4.74 Å². The van der Waals surface area contributed by atoms with Gasteiger partial charge in [-0.3, -0.25) is 4.68 Å². The van der Waals surface area contributed by atoms with Crippen LogP contribution in [0.25, 0.3) is 0 Å². The van der Waals surface area contributed by atoms with Gasteiger partial charge in [-0.05, 0) is 26.0 Å². The summed E-state index contributed by atoms with van der Waals surface area (Å²) in [6, 6.07) is 5.71. The maximum Gasteiger partial charge on any atom is 0.157 e. The molecule has 96 valence electrons. The average molecular weight is 285 g/mol. The van der Waals surface area contributed by atoms with E-state index in [1.54, 1.807) is 18.3 Å². The third kappa shape index (κ3) is 2.98. The zero-order valence-electron chi connectivity index (χ0n) is 10.2. The van der Waals surface area contributed by atoms with Crippen molar-refractivity contribution in [3.63, 3.8) is 0 Å². The summed E-state index contributed by atoms with van der Waals surface area (Å²) >= 11 is 12.1. The first-order valence-corrected chi connectivity index (χ1v) is 6.43. The van der Waals surface area contributed by atoms with Gasteiger partial charge in [0.2, 0.25) is 0 Å². The minimum atomic E-state index is 0.311. The first-order valence-electron chi connectivity index (χ1n) is 5.67. The van der Waals surface area contributed by atoms with Crippen LogP contribution in [0.1, 0.15) is 25.5 Å². The molecule has 0 unspecified atom stereocenters. The first-order chi connectivity index (χ1) is 8.58. The van der Waals surface area contributed by atoms with E-state index in [1.165, 1.54) is 0 Å². The monoisotopic (exact) mass is 284 g/mol. The third-order valence-electron chi connectivity index (χ3n) is 2.55. The summed E-state index contributed by atoms with van der Waals surface area (Å²) in [5.74, 6) is 0.708. The van der Waals surface area contributed by atoms with Crippen LogP contribution in [0.5, 0.6) is 5.75 Å². The molecule has 0 atom stereocenters. The van der Waals surface area contributed by atoms with Crippen molar-refractivity contribution in [2.75, 3.05) is 0 Å². The van der Waals surface area contributed by atoms with Crippen LogP contribution in [0.3, 0.4) is 0 Å². The molecule has 18 heavy (non-hydrogen) atoms. The lowest BCUT2D eigenvalue weighted by atomic mass is 10.2. The molecule has 3 nitrogen and oxygen atoms in total. The van der Waals surface area contributed by atoms with Crippen molar-refractivity contribution >= 4 is 23.2 Å². The standard InChI is InChI=1S/C13H14Cl2N2O/c1-9(2)17-7-10(6-16-17)18-8-11-12(14)4-3-5-13(11)15/h3-7,9H,8H2,1-2H3. The SMILES string of the molecule is CC(C)n1cc(OCc2c(Cl)cccc2Cl)cn1. The normalized spacial score (nSPS) is 10.9. The fourth-order valence-electron chi connectivity index (χ4n) is 1.50. The van der Waals surface area contributed by atoms with Crippen LogP contribution in [-0.2, 0) is 6.61 Å². The number of ether oxygens (including phenoxy) is 1. The molecule has 0 saturated carbocycles. The van der Waals surface area contributed by atoms with Gasteiger partial charge >= 0.3 is 0 Å². The minimum Gasteiger partial charge on any atom is -0.486 e. The van der Waals surface area contributed by atoms with Crippen LogP contribution in [0.2, 0.25) is 10.0 Å². The molecule has 1 aromatic carbocycles. The molecule has 0 saturated heterocycles. The quantitative estimate of drug-likeness (QED) is 0.835. The fourth-order valence-corrected chi connectivity index (χ4v) is 2.01. The van der Waals surface area contributed by atoms with Gasteiger partial charge in [0.25, 0.3) is 0 Å². The molecule has 2 aromatic rings. The molecule has 0 radical (unpaired) electrons. The van der Waals surface area contributed by atoms with E-state index < -0.39 is 0 Å². The lowest BCUT2D eigenvalue weighted by molar-refractivity contribution is 0.305. The molecule has 0 amide bonds. The number of hydrogen-bond donors (Lipinski definition) is 0. The van der Waals surface area contributed by atoms with E-state index in [9.17, 15) is 0 Å². The molecule has 1 heterocycles. The van der Waals surface area contributed by atoms with Crippen molar-refractivity contribution in [3.8, 4) is 5.75 Å². The molecule has 0 aliphatic heterocycles. The largest absolute Gasteiger partial charge is 0.486 e. The van der Waals surface area contributed by atoms with Crippen molar-refractivity contribution in [1.82, 2.24) is 9.78 Å². The van der Waals surface area contributed by atoms with Gasteiger partial charge in [0.05, 0.1) is 12.4 Å². The predicted molar refractivity (Wildman–Crippen MR) is 73.4 cm³/mol. The van der Waals surface area contributed by atoms with Crippen molar-refractivity contribution in [2.45, 2.75) is 26.5 Å². The van der Waals surface area contributed by atoms with Gasteiger partial charge < -0.3 is 4.74 Å². The fraction of sp³-hybridized carbons (Fsp3) is 0.308. The van der Waals surface area contributed by atoms with E-state index in [0.29, 0.717) is 28.4 Å². The Labute approximate surface area is 116 Å². The van der Waals surface area contributed by atoms with Crippen LogP contribution < -0.4 is 4.74 Å². The van der Waals surface area contributed by atoms with Crippen LogP contribution in [0, 0.1) is 0 Å². The maximum absolute atomic E-state index is 6.07. The van der Waals surface area contributed by atoms with Crippen LogP contribution >= 0.6 is 23.2 Å². The Balaban J connectivity index is 2.07. The van der Waals surface area contributed by atoms with Gasteiger partial charge in [-0.2, -0.15) is 5.10 Å². The summed E-state index contributed by atoms with van der Waals surface area (Å²) in [5, 5.41) is 5.42. The summed E-state index contributed by atoms with van der Waals surface area (Å²) in [4.78, 5) is 0. The lowest BCUT2D eigenvalue weighted by Crippen LogP contribution is -2.00. The molecular weight excluding hydrogens is 271 g/mol. The van der Waals surface area contributed by atoms with Crippen molar-refractivity contribution in [1.29, 1.82) is 0 Å². The van der Waals surface area contributed by atoms with Crippen molar-refractivity contribution in [2.24, 2.45) is 0 Å². The van der Waals surface area contributed by atoms with E-state index in [2.05, 4.69) is 18.9 Å². The second-order valence-electron chi connectivity index (χ2n) is 4.24. The van der Waals surface area contributed by atoms with E-state index in [1.807, 2.05) is 16.9 Å². The Bertz CT molecular complexity index is 517. The molecule has 1 aromatic heterocycles. The predicted octanol–water partition coefficient (Wildman–Crippen LogP) is 4.35. The van der Waals surface area contributed by atoms with Crippen molar-refractivity contribution in [3.05, 3.63) is 46.2 Å². The molecule has 2 rings (SSSR count). The lowest BCUT2D eigenvalue weighted by Gasteiger charge is -2.07. The minimum absolute atomic E-state index is 0.311. The Morgan fingerprint density at radius 3 is 2.50 bits per heavy atom. The highest BCUT2D eigenvalue weighted by Crippen LogP contribution is 2.25. The van der Waals surface area contributed by atoms with Crippen LogP contribution in [0.15, 0.2) is 30.6 Å². The number of aromatic nitrogens is 2. The van der Waals surface area contributed by atoms with Crippen LogP contribution in [-0.4, -0.2) is 9.78 Å². The average Bonchev–Trinajstić information content (AvgIpc) is 2.77. The Kier molecular flexibility index (Phi) is 4.15. The van der Waals surface area contributed by atoms with Gasteiger partial charge in [0.1, 0.15) is 6.61 Å². The number of benzene rings is 1. The molecule has 0 spiro atoms. The number of rotatable bonds is 4. The van der Waals surface area contributed by atoms with Crippen LogP contribution in [0.4, 0.5) is 0 Å². The Morgan fingerprint density at radius 2 is 1.94 bits per heavy atom. The van der Waals surface area contributed by atoms with E-state index >= 15 is 0 Å². The molecule has 0 N–H and O–H groups in total. The van der Waals surface area contributed by atoms with E-state index in [4.69, 9.17) is 27.9 Å². The molecule has 0 bridgehead atoms. The second kappa shape index (κ2) is 5.63. The second-order valence-corrected chi connectivity index (χ2v) is 5.05. The van der Waals surface area contributed by atoms with E-state index in [-0.39, 0.29) is 0 Å². The summed E-state index contributed by atoms with van der Waals surface area (Å²) in [7, 11) is 0. The number of nitrogens with zero attached hydrogens (tertiary/aromatic N) is 2. The smallest absolute Gasteiger partial charge is 0.157 e. The Hall–Kier alpha value is -1.19. The maximum atomic E-state index is 6.07. The van der Waals surface area contributed by atoms with Gasteiger partial charge in [0.15, 0.2) is 5.75 Å². The molecular formula is C13H14Cl2N2O. The van der Waals surface area contributed by atoms with Gasteiger partial charge in [-0.25, -0.2) is 0 Å². The third-order valence-corrected chi connectivity index (χ3v) is 3.26. The Morgan fingerprint density at radius 1 is 1.28 bits per heavy atom. The number of hydrogen-bond acceptors (Lipinski definition) is 2. The topological polar surface area (TPSA) is 27.1 Å². The highest BCUT2D eigenvalue weighted by molar-refractivity contribution is 6.35. The highest BCUT2D eigenvalue weighted by atomic mass is 35.5. The number of halogens is 2. The molecule has 0 fully saturated rings. The summed E-state index contributed by atoms with van der Waals surface area (Å²) in [6.07, 6.45) is 3.54. The molecule has 0 aliphatic rings. The van der Waals surface area contributed by atoms with Gasteiger partial charge in [-0.1, -0.05) is 29.3 Å². The highest BCUT2D eigenvalue weighted by Gasteiger charge is 2.08. The zero-order valence-corrected chi connectivity index (χ0v) is 11.7. The van der Waals surface area contributed by atoms with Gasteiger partial charge in [-0.15, -0.1) is 0 Å². The summed E-state index contributed by atoms with van der Waals surface area (Å²) in [6.45, 7) is 4.45.